The zero-order valence-corrected chi connectivity index (χ0v) is 17.4. The predicted molar refractivity (Wildman–Crippen MR) is 108 cm³/mol. The van der Waals surface area contributed by atoms with Crippen LogP contribution in [0.2, 0.25) is 5.02 Å². The Bertz CT molecular complexity index is 873. The number of halogens is 1. The molecule has 4 rings (SSSR count). The Morgan fingerprint density at radius 3 is 2.75 bits per heavy atom. The number of benzene rings is 1. The molecule has 0 radical (unpaired) electrons. The molecule has 6 nitrogen and oxygen atoms in total. The van der Waals surface area contributed by atoms with Gasteiger partial charge in [-0.25, -0.2) is 4.98 Å². The Hall–Kier alpha value is -2.08. The van der Waals surface area contributed by atoms with Gasteiger partial charge in [-0.1, -0.05) is 38.3 Å². The van der Waals surface area contributed by atoms with E-state index in [0.717, 1.165) is 31.0 Å². The van der Waals surface area contributed by atoms with Gasteiger partial charge in [0.1, 0.15) is 11.6 Å². The maximum absolute atomic E-state index is 13.3. The first kappa shape index (κ1) is 19.2. The lowest BCUT2D eigenvalue weighted by molar-refractivity contribution is 0.0770. The number of hydrogen-bond donors (Lipinski definition) is 1. The van der Waals surface area contributed by atoms with Crippen molar-refractivity contribution in [2.24, 2.45) is 5.41 Å². The van der Waals surface area contributed by atoms with Crippen molar-refractivity contribution in [1.29, 1.82) is 0 Å². The fourth-order valence-corrected chi connectivity index (χ4v) is 4.96. The second-order valence-corrected chi connectivity index (χ2v) is 8.82. The highest BCUT2D eigenvalue weighted by atomic mass is 35.5. The SMILES string of the molecule is COc1cc(Cl)ccc1C(=O)N1CC(c2nc(C(C)C)n[nH]2)C2(CCCC2)C1. The molecule has 1 saturated carbocycles. The van der Waals surface area contributed by atoms with Crippen LogP contribution in [0.5, 0.6) is 5.75 Å². The molecule has 1 saturated heterocycles. The molecule has 1 spiro atoms. The summed E-state index contributed by atoms with van der Waals surface area (Å²) in [4.78, 5) is 20.1. The van der Waals surface area contributed by atoms with Gasteiger partial charge in [-0.2, -0.15) is 5.10 Å². The highest BCUT2D eigenvalue weighted by molar-refractivity contribution is 6.30. The lowest BCUT2D eigenvalue weighted by atomic mass is 9.76. The third-order valence-corrected chi connectivity index (χ3v) is 6.53. The van der Waals surface area contributed by atoms with Crippen LogP contribution in [0.4, 0.5) is 0 Å². The number of carbonyl (C=O) groups is 1. The number of methoxy groups -OCH3 is 1. The molecule has 0 bridgehead atoms. The number of hydrogen-bond acceptors (Lipinski definition) is 4. The summed E-state index contributed by atoms with van der Waals surface area (Å²) in [6.07, 6.45) is 4.65. The largest absolute Gasteiger partial charge is 0.496 e. The normalized spacial score (nSPS) is 21.0. The van der Waals surface area contributed by atoms with E-state index in [1.165, 1.54) is 12.8 Å². The van der Waals surface area contributed by atoms with Crippen molar-refractivity contribution < 1.29 is 9.53 Å². The molecular formula is C21H27ClN4O2. The summed E-state index contributed by atoms with van der Waals surface area (Å²) in [6.45, 7) is 5.59. The van der Waals surface area contributed by atoms with Crippen LogP contribution in [0.1, 0.15) is 73.4 Å². The van der Waals surface area contributed by atoms with E-state index >= 15 is 0 Å². The van der Waals surface area contributed by atoms with E-state index in [0.29, 0.717) is 22.9 Å². The quantitative estimate of drug-likeness (QED) is 0.823. The van der Waals surface area contributed by atoms with Gasteiger partial charge in [-0.05, 0) is 36.5 Å². The zero-order valence-electron chi connectivity index (χ0n) is 16.7. The van der Waals surface area contributed by atoms with Crippen molar-refractivity contribution in [2.75, 3.05) is 20.2 Å². The second-order valence-electron chi connectivity index (χ2n) is 8.39. The van der Waals surface area contributed by atoms with Gasteiger partial charge >= 0.3 is 0 Å². The number of amides is 1. The summed E-state index contributed by atoms with van der Waals surface area (Å²) in [7, 11) is 1.57. The molecule has 1 atom stereocenters. The molecule has 1 aliphatic heterocycles. The first-order chi connectivity index (χ1) is 13.4. The number of H-pyrrole nitrogens is 1. The van der Waals surface area contributed by atoms with Crippen LogP contribution in [0.3, 0.4) is 0 Å². The highest BCUT2D eigenvalue weighted by Gasteiger charge is 2.51. The molecule has 1 amide bonds. The van der Waals surface area contributed by atoms with Gasteiger partial charge in [0.05, 0.1) is 12.7 Å². The van der Waals surface area contributed by atoms with Crippen molar-refractivity contribution in [3.8, 4) is 5.75 Å². The molecular weight excluding hydrogens is 376 g/mol. The Labute approximate surface area is 170 Å². The molecule has 150 valence electrons. The fraction of sp³-hybridized carbons (Fsp3) is 0.571. The lowest BCUT2D eigenvalue weighted by Gasteiger charge is -2.28. The van der Waals surface area contributed by atoms with Crippen molar-refractivity contribution >= 4 is 17.5 Å². The Balaban J connectivity index is 1.64. The maximum atomic E-state index is 13.3. The summed E-state index contributed by atoms with van der Waals surface area (Å²) >= 11 is 6.07. The third-order valence-electron chi connectivity index (χ3n) is 6.29. The average Bonchev–Trinajstić information content (AvgIpc) is 3.41. The van der Waals surface area contributed by atoms with E-state index in [9.17, 15) is 4.79 Å². The molecule has 2 aliphatic rings. The van der Waals surface area contributed by atoms with Crippen LogP contribution in [0, 0.1) is 5.41 Å². The minimum Gasteiger partial charge on any atom is -0.496 e. The minimum atomic E-state index is -0.00844. The molecule has 1 aliphatic carbocycles. The van der Waals surface area contributed by atoms with Gasteiger partial charge in [0, 0.05) is 29.9 Å². The first-order valence-corrected chi connectivity index (χ1v) is 10.4. The number of ether oxygens (including phenoxy) is 1. The van der Waals surface area contributed by atoms with E-state index in [-0.39, 0.29) is 23.2 Å². The molecule has 1 aromatic carbocycles. The van der Waals surface area contributed by atoms with Gasteiger partial charge in [0.25, 0.3) is 5.91 Å². The van der Waals surface area contributed by atoms with Crippen LogP contribution < -0.4 is 4.74 Å². The number of carbonyl (C=O) groups excluding carboxylic acids is 1. The average molecular weight is 403 g/mol. The standard InChI is InChI=1S/C21H27ClN4O2/c1-13(2)18-23-19(25-24-18)16-11-26(12-21(16)8-4-5-9-21)20(27)15-7-6-14(22)10-17(15)28-3/h6-7,10,13,16H,4-5,8-9,11-12H2,1-3H3,(H,23,24,25). The monoisotopic (exact) mass is 402 g/mol. The van der Waals surface area contributed by atoms with Gasteiger partial charge in [0.15, 0.2) is 5.82 Å². The van der Waals surface area contributed by atoms with Crippen molar-refractivity contribution in [3.63, 3.8) is 0 Å². The molecule has 28 heavy (non-hydrogen) atoms. The topological polar surface area (TPSA) is 71.1 Å². The number of aromatic nitrogens is 3. The molecule has 2 heterocycles. The summed E-state index contributed by atoms with van der Waals surface area (Å²) in [5, 5.41) is 8.13. The Morgan fingerprint density at radius 1 is 1.36 bits per heavy atom. The number of likely N-dealkylation sites (tertiary alicyclic amines) is 1. The molecule has 2 aromatic rings. The summed E-state index contributed by atoms with van der Waals surface area (Å²) < 4.78 is 5.40. The van der Waals surface area contributed by atoms with E-state index < -0.39 is 0 Å². The van der Waals surface area contributed by atoms with Crippen molar-refractivity contribution in [3.05, 3.63) is 40.4 Å². The maximum Gasteiger partial charge on any atom is 0.257 e. The summed E-state index contributed by atoms with van der Waals surface area (Å²) in [5.41, 5.74) is 0.643. The Kier molecular flexibility index (Phi) is 5.08. The van der Waals surface area contributed by atoms with Crippen molar-refractivity contribution in [2.45, 2.75) is 51.4 Å². The number of nitrogens with one attached hydrogen (secondary N) is 1. The van der Waals surface area contributed by atoms with E-state index in [1.807, 2.05) is 4.90 Å². The van der Waals surface area contributed by atoms with E-state index in [2.05, 4.69) is 24.0 Å². The van der Waals surface area contributed by atoms with Gasteiger partial charge in [-0.15, -0.1) is 0 Å². The van der Waals surface area contributed by atoms with Crippen LogP contribution >= 0.6 is 11.6 Å². The molecule has 2 fully saturated rings. The molecule has 1 N–H and O–H groups in total. The second kappa shape index (κ2) is 7.39. The summed E-state index contributed by atoms with van der Waals surface area (Å²) in [6, 6.07) is 5.18. The van der Waals surface area contributed by atoms with Crippen LogP contribution in [-0.2, 0) is 0 Å². The van der Waals surface area contributed by atoms with Crippen molar-refractivity contribution in [1.82, 2.24) is 20.1 Å². The van der Waals surface area contributed by atoms with Crippen LogP contribution in [-0.4, -0.2) is 46.2 Å². The lowest BCUT2D eigenvalue weighted by Crippen LogP contribution is -2.31. The Morgan fingerprint density at radius 2 is 2.11 bits per heavy atom. The molecule has 1 unspecified atom stereocenters. The molecule has 7 heteroatoms. The highest BCUT2D eigenvalue weighted by Crippen LogP contribution is 2.53. The van der Waals surface area contributed by atoms with Gasteiger partial charge in [-0.3, -0.25) is 9.89 Å². The third kappa shape index (κ3) is 3.28. The van der Waals surface area contributed by atoms with Gasteiger partial charge < -0.3 is 9.64 Å². The number of rotatable bonds is 4. The van der Waals surface area contributed by atoms with Gasteiger partial charge in [0.2, 0.25) is 0 Å². The van der Waals surface area contributed by atoms with Crippen LogP contribution in [0.25, 0.3) is 0 Å². The zero-order chi connectivity index (χ0) is 19.9. The van der Waals surface area contributed by atoms with E-state index in [1.54, 1.807) is 25.3 Å². The van der Waals surface area contributed by atoms with E-state index in [4.69, 9.17) is 21.3 Å². The summed E-state index contributed by atoms with van der Waals surface area (Å²) in [5.74, 6) is 2.74. The number of aromatic amines is 1. The number of nitrogens with zero attached hydrogens (tertiary/aromatic N) is 3. The first-order valence-electron chi connectivity index (χ1n) is 9.98. The fourth-order valence-electron chi connectivity index (χ4n) is 4.80. The van der Waals surface area contributed by atoms with Crippen LogP contribution in [0.15, 0.2) is 18.2 Å². The molecule has 1 aromatic heterocycles. The smallest absolute Gasteiger partial charge is 0.257 e. The predicted octanol–water partition coefficient (Wildman–Crippen LogP) is 4.39. The minimum absolute atomic E-state index is 0.00844.